The van der Waals surface area contributed by atoms with Gasteiger partial charge in [-0.05, 0) is 48.4 Å². The van der Waals surface area contributed by atoms with E-state index in [-0.39, 0.29) is 49.9 Å². The molecule has 0 saturated carbocycles. The van der Waals surface area contributed by atoms with Gasteiger partial charge in [0, 0.05) is 19.4 Å². The van der Waals surface area contributed by atoms with Crippen molar-refractivity contribution in [2.75, 3.05) is 13.2 Å². The molecule has 268 valence electrons. The predicted octanol–water partition coefficient (Wildman–Crippen LogP) is -1.38. The van der Waals surface area contributed by atoms with Gasteiger partial charge < -0.3 is 53.8 Å². The number of aromatic hydroxyl groups is 1. The molecular weight excluding hydrogens is 636 g/mol. The topological polar surface area (TPSA) is 285 Å². The third-order valence-corrected chi connectivity index (χ3v) is 7.37. The van der Waals surface area contributed by atoms with E-state index in [9.17, 15) is 39.3 Å². The molecule has 0 aliphatic carbocycles. The number of amides is 4. The molecule has 16 nitrogen and oxygen atoms in total. The second-order valence-corrected chi connectivity index (χ2v) is 12.0. The van der Waals surface area contributed by atoms with Gasteiger partial charge in [0.25, 0.3) is 0 Å². The molecule has 0 heterocycles. The number of phenolic OH excluding ortho intramolecular Hbond substituents is 1. The average Bonchev–Trinajstić information content (AvgIpc) is 3.05. The second kappa shape index (κ2) is 20.2. The summed E-state index contributed by atoms with van der Waals surface area (Å²) in [5.41, 5.74) is 18.0. The van der Waals surface area contributed by atoms with Crippen LogP contribution in [0.4, 0.5) is 0 Å². The molecule has 2 aromatic carbocycles. The summed E-state index contributed by atoms with van der Waals surface area (Å²) in [6.45, 7) is 2.95. The molecule has 2 aromatic rings. The number of phenols is 1. The van der Waals surface area contributed by atoms with E-state index in [1.165, 1.54) is 24.3 Å². The van der Waals surface area contributed by atoms with Crippen LogP contribution in [0.25, 0.3) is 0 Å². The summed E-state index contributed by atoms with van der Waals surface area (Å²) >= 11 is 0. The molecule has 4 amide bonds. The number of nitrogens with one attached hydrogen (secondary N) is 4. The molecule has 16 heteroatoms. The highest BCUT2D eigenvalue weighted by atomic mass is 16.4. The molecular formula is C33H48N8O8. The number of carbonyl (C=O) groups is 5. The number of aliphatic hydroxyl groups is 1. The summed E-state index contributed by atoms with van der Waals surface area (Å²) in [4.78, 5) is 68.9. The first-order valence-corrected chi connectivity index (χ1v) is 15.9. The molecule has 0 aromatic heterocycles. The molecule has 5 atom stereocenters. The smallest absolute Gasteiger partial charge is 0.326 e. The Kier molecular flexibility index (Phi) is 16.5. The second-order valence-electron chi connectivity index (χ2n) is 12.0. The van der Waals surface area contributed by atoms with E-state index in [2.05, 4.69) is 26.3 Å². The van der Waals surface area contributed by atoms with E-state index >= 15 is 0 Å². The van der Waals surface area contributed by atoms with Gasteiger partial charge in [0.2, 0.25) is 23.6 Å². The monoisotopic (exact) mass is 684 g/mol. The first-order chi connectivity index (χ1) is 23.2. The van der Waals surface area contributed by atoms with Gasteiger partial charge in [-0.3, -0.25) is 24.2 Å². The van der Waals surface area contributed by atoms with Crippen molar-refractivity contribution in [1.82, 2.24) is 21.3 Å². The van der Waals surface area contributed by atoms with Gasteiger partial charge in [0.15, 0.2) is 5.96 Å². The fourth-order valence-electron chi connectivity index (χ4n) is 4.77. The Balaban J connectivity index is 2.31. The highest BCUT2D eigenvalue weighted by Crippen LogP contribution is 2.13. The minimum atomic E-state index is -1.54. The van der Waals surface area contributed by atoms with Crippen molar-refractivity contribution in [3.8, 4) is 5.75 Å². The van der Waals surface area contributed by atoms with Crippen LogP contribution in [-0.2, 0) is 36.8 Å². The van der Waals surface area contributed by atoms with Crippen LogP contribution in [0.5, 0.6) is 5.75 Å². The van der Waals surface area contributed by atoms with Crippen LogP contribution in [0, 0.1) is 5.92 Å². The highest BCUT2D eigenvalue weighted by Gasteiger charge is 2.32. The van der Waals surface area contributed by atoms with E-state index in [1.54, 1.807) is 44.2 Å². The number of hydrogen-bond donors (Lipinski definition) is 10. The van der Waals surface area contributed by atoms with Crippen molar-refractivity contribution >= 4 is 35.6 Å². The van der Waals surface area contributed by atoms with Crippen molar-refractivity contribution in [1.29, 1.82) is 0 Å². The number of nitrogens with zero attached hydrogens (tertiary/aromatic N) is 1. The van der Waals surface area contributed by atoms with Crippen molar-refractivity contribution in [3.05, 3.63) is 65.7 Å². The number of aliphatic carboxylic acids is 1. The molecule has 0 aliphatic rings. The van der Waals surface area contributed by atoms with Gasteiger partial charge in [-0.15, -0.1) is 0 Å². The molecule has 0 spiro atoms. The van der Waals surface area contributed by atoms with E-state index in [0.29, 0.717) is 17.5 Å². The standard InChI is InChI=1S/C33H48N8O8/c1-19(2)15-26(32(48)49)40-31(47)27(18-42)41-30(46)25(17-21-10-12-22(43)13-11-21)39-29(45)24(16-20-7-4-3-5-8-20)38-28(44)23(34)9-6-14-37-33(35)36/h3-5,7-8,10-13,19,23-27,42-43H,6,9,14-18,34H2,1-2H3,(H,38,44)(H,39,45)(H,40,47)(H,41,46)(H,48,49)(H4,35,36,37)/t23-,24-,25-,26-,27-/m0/s1. The van der Waals surface area contributed by atoms with Crippen molar-refractivity contribution in [3.63, 3.8) is 0 Å². The Labute approximate surface area is 284 Å². The van der Waals surface area contributed by atoms with Crippen molar-refractivity contribution < 1.29 is 39.3 Å². The molecule has 13 N–H and O–H groups in total. The Morgan fingerprint density at radius 2 is 1.22 bits per heavy atom. The SMILES string of the molecule is CC(C)C[C@H](NC(=O)[C@H](CO)NC(=O)[C@H](Cc1ccc(O)cc1)NC(=O)[C@H](Cc1ccccc1)NC(=O)[C@@H](N)CCCN=C(N)N)C(=O)O. The molecule has 0 radical (unpaired) electrons. The lowest BCUT2D eigenvalue weighted by Crippen LogP contribution is -2.60. The maximum Gasteiger partial charge on any atom is 0.326 e. The Morgan fingerprint density at radius 1 is 0.735 bits per heavy atom. The van der Waals surface area contributed by atoms with Crippen LogP contribution in [0.15, 0.2) is 59.6 Å². The van der Waals surface area contributed by atoms with E-state index in [0.717, 1.165) is 0 Å². The van der Waals surface area contributed by atoms with E-state index < -0.39 is 66.4 Å². The largest absolute Gasteiger partial charge is 0.508 e. The molecule has 0 aliphatic heterocycles. The third-order valence-electron chi connectivity index (χ3n) is 7.37. The van der Waals surface area contributed by atoms with Crippen LogP contribution in [0.3, 0.4) is 0 Å². The first kappa shape index (κ1) is 40.0. The van der Waals surface area contributed by atoms with Crippen molar-refractivity contribution in [2.24, 2.45) is 28.1 Å². The molecule has 0 saturated heterocycles. The van der Waals surface area contributed by atoms with Gasteiger partial charge in [-0.1, -0.05) is 56.3 Å². The number of rotatable bonds is 20. The molecule has 0 fully saturated rings. The van der Waals surface area contributed by atoms with Gasteiger partial charge in [-0.2, -0.15) is 0 Å². The Hall–Kier alpha value is -5.22. The number of carboxylic acids is 1. The Morgan fingerprint density at radius 3 is 1.73 bits per heavy atom. The van der Waals surface area contributed by atoms with Gasteiger partial charge >= 0.3 is 5.97 Å². The summed E-state index contributed by atoms with van der Waals surface area (Å²) in [6, 6.07) is 8.37. The number of benzene rings is 2. The lowest BCUT2D eigenvalue weighted by atomic mass is 10.0. The average molecular weight is 685 g/mol. The van der Waals surface area contributed by atoms with Gasteiger partial charge in [0.1, 0.15) is 29.9 Å². The minimum Gasteiger partial charge on any atom is -0.508 e. The quantitative estimate of drug-likeness (QED) is 0.0441. The maximum absolute atomic E-state index is 13.8. The van der Waals surface area contributed by atoms with Crippen LogP contribution in [0.1, 0.15) is 44.2 Å². The molecule has 49 heavy (non-hydrogen) atoms. The number of hydrogen-bond acceptors (Lipinski definition) is 9. The summed E-state index contributed by atoms with van der Waals surface area (Å²) < 4.78 is 0. The summed E-state index contributed by atoms with van der Waals surface area (Å²) in [5, 5.41) is 39.2. The molecule has 0 unspecified atom stereocenters. The van der Waals surface area contributed by atoms with Gasteiger partial charge in [-0.25, -0.2) is 4.79 Å². The lowest BCUT2D eigenvalue weighted by molar-refractivity contribution is -0.143. The fourth-order valence-corrected chi connectivity index (χ4v) is 4.77. The highest BCUT2D eigenvalue weighted by molar-refractivity contribution is 5.95. The first-order valence-electron chi connectivity index (χ1n) is 15.9. The number of carboxylic acid groups (broad SMARTS) is 1. The van der Waals surface area contributed by atoms with Gasteiger partial charge in [0.05, 0.1) is 12.6 Å². The molecule has 2 rings (SSSR count). The van der Waals surface area contributed by atoms with E-state index in [1.807, 2.05) is 0 Å². The van der Waals surface area contributed by atoms with Crippen LogP contribution in [-0.4, -0.2) is 94.2 Å². The zero-order valence-electron chi connectivity index (χ0n) is 27.7. The fraction of sp³-hybridized carbons (Fsp3) is 0.455. The number of aliphatic imine (C=N–C) groups is 1. The number of nitrogens with two attached hydrogens (primary N) is 3. The predicted molar refractivity (Wildman–Crippen MR) is 182 cm³/mol. The summed E-state index contributed by atoms with van der Waals surface area (Å²) in [5.74, 6) is -4.62. The Bertz CT molecular complexity index is 1420. The maximum atomic E-state index is 13.8. The zero-order chi connectivity index (χ0) is 36.5. The third kappa shape index (κ3) is 14.6. The number of carbonyl (C=O) groups excluding carboxylic acids is 4. The molecule has 0 bridgehead atoms. The zero-order valence-corrected chi connectivity index (χ0v) is 27.7. The number of aliphatic hydroxyl groups excluding tert-OH is 1. The van der Waals surface area contributed by atoms with E-state index in [4.69, 9.17) is 17.2 Å². The van der Waals surface area contributed by atoms with Crippen molar-refractivity contribution in [2.45, 2.75) is 76.2 Å². The van der Waals surface area contributed by atoms with Crippen LogP contribution in [0.2, 0.25) is 0 Å². The summed E-state index contributed by atoms with van der Waals surface area (Å²) in [6.07, 6.45) is 0.668. The summed E-state index contributed by atoms with van der Waals surface area (Å²) in [7, 11) is 0. The normalized spacial score (nSPS) is 14.0. The van der Waals surface area contributed by atoms with Crippen LogP contribution < -0.4 is 38.5 Å². The van der Waals surface area contributed by atoms with Crippen LogP contribution >= 0.6 is 0 Å². The number of guanidine groups is 1. The lowest BCUT2D eigenvalue weighted by Gasteiger charge is -2.26. The minimum absolute atomic E-state index is 0.0274.